The molecule has 0 spiro atoms. The molecule has 1 aromatic heterocycles. The van der Waals surface area contributed by atoms with Crippen LogP contribution in [0, 0.1) is 11.6 Å². The van der Waals surface area contributed by atoms with Crippen LogP contribution in [-0.2, 0) is 16.4 Å². The molecule has 180 valence electrons. The second-order valence-electron chi connectivity index (χ2n) is 8.32. The molecule has 0 fully saturated rings. The average Bonchev–Trinajstić information content (AvgIpc) is 3.16. The first-order valence-electron chi connectivity index (χ1n) is 10.3. The molecule has 0 saturated heterocycles. The van der Waals surface area contributed by atoms with Crippen molar-refractivity contribution in [2.75, 3.05) is 5.32 Å². The van der Waals surface area contributed by atoms with Gasteiger partial charge in [-0.25, -0.2) is 18.3 Å². The maximum atomic E-state index is 14.8. The van der Waals surface area contributed by atoms with Crippen molar-refractivity contribution in [1.29, 1.82) is 0 Å². The monoisotopic (exact) mass is 503 g/mol. The van der Waals surface area contributed by atoms with Crippen molar-refractivity contribution in [3.05, 3.63) is 45.2 Å². The van der Waals surface area contributed by atoms with Crippen LogP contribution in [0.3, 0.4) is 0 Å². The lowest BCUT2D eigenvalue weighted by Crippen LogP contribution is -2.35. The van der Waals surface area contributed by atoms with E-state index in [0.717, 1.165) is 0 Å². The quantitative estimate of drug-likeness (QED) is 0.283. The molecule has 1 aliphatic rings. The first-order chi connectivity index (χ1) is 15.4. The van der Waals surface area contributed by atoms with Gasteiger partial charge in [0.15, 0.2) is 0 Å². The molecule has 0 radical (unpaired) electrons. The van der Waals surface area contributed by atoms with Gasteiger partial charge in [-0.3, -0.25) is 0 Å². The molecule has 33 heavy (non-hydrogen) atoms. The van der Waals surface area contributed by atoms with Crippen LogP contribution in [0.4, 0.5) is 19.3 Å². The summed E-state index contributed by atoms with van der Waals surface area (Å²) < 4.78 is 62.2. The predicted octanol–water partition coefficient (Wildman–Crippen LogP) is 5.48. The van der Waals surface area contributed by atoms with Crippen molar-refractivity contribution in [3.63, 3.8) is 0 Å². The molecule has 1 aliphatic carbocycles. The molecule has 0 bridgehead atoms. The van der Waals surface area contributed by atoms with Gasteiger partial charge < -0.3 is 14.9 Å². The minimum absolute atomic E-state index is 0.0464. The molecule has 0 unspecified atom stereocenters. The van der Waals surface area contributed by atoms with Gasteiger partial charge in [-0.05, 0) is 24.7 Å². The van der Waals surface area contributed by atoms with Crippen molar-refractivity contribution >= 4 is 39.1 Å². The van der Waals surface area contributed by atoms with Gasteiger partial charge in [0.2, 0.25) is 5.09 Å². The first kappa shape index (κ1) is 25.0. The van der Waals surface area contributed by atoms with Crippen LogP contribution in [0.25, 0.3) is 0 Å². The number of urea groups is 1. The number of oxime groups is 1. The van der Waals surface area contributed by atoms with E-state index in [4.69, 9.17) is 21.2 Å². The number of rotatable bonds is 5. The van der Waals surface area contributed by atoms with Crippen molar-refractivity contribution in [1.82, 2.24) is 4.72 Å². The van der Waals surface area contributed by atoms with Crippen LogP contribution in [0.1, 0.15) is 74.8 Å². The Bertz CT molecular complexity index is 1200. The summed E-state index contributed by atoms with van der Waals surface area (Å²) in [6.07, 6.45) is 1.49. The molecule has 0 saturated carbocycles. The molecule has 2 amide bonds. The number of carbonyl (C=O) groups is 1. The van der Waals surface area contributed by atoms with E-state index in [2.05, 4.69) is 10.5 Å². The van der Waals surface area contributed by atoms with E-state index in [1.165, 1.54) is 6.07 Å². The number of nitrogens with zero attached hydrogens (tertiary/aromatic N) is 1. The minimum atomic E-state index is -4.48. The van der Waals surface area contributed by atoms with Crippen LogP contribution in [-0.4, -0.2) is 25.4 Å². The number of furan rings is 1. The number of carbonyl (C=O) groups excluding carboxylic acids is 1. The number of hydrogen-bond acceptors (Lipinski definition) is 6. The number of hydrogen-bond donors (Lipinski definition) is 3. The Morgan fingerprint density at radius 1 is 1.15 bits per heavy atom. The van der Waals surface area contributed by atoms with Gasteiger partial charge >= 0.3 is 6.03 Å². The fourth-order valence-corrected chi connectivity index (χ4v) is 4.93. The third-order valence-electron chi connectivity index (χ3n) is 5.32. The summed E-state index contributed by atoms with van der Waals surface area (Å²) in [5.41, 5.74) is 0.349. The van der Waals surface area contributed by atoms with Crippen LogP contribution >= 0.6 is 11.6 Å². The summed E-state index contributed by atoms with van der Waals surface area (Å²) in [6, 6.07) is -0.0646. The summed E-state index contributed by atoms with van der Waals surface area (Å²) in [7, 11) is -4.48. The summed E-state index contributed by atoms with van der Waals surface area (Å²) >= 11 is 5.83. The van der Waals surface area contributed by atoms with Crippen LogP contribution in [0.5, 0.6) is 0 Å². The molecule has 0 aliphatic heterocycles. The lowest BCUT2D eigenvalue weighted by molar-refractivity contribution is 0.256. The molecular weight excluding hydrogens is 480 g/mol. The van der Waals surface area contributed by atoms with E-state index in [-0.39, 0.29) is 22.5 Å². The lowest BCUT2D eigenvalue weighted by atomic mass is 9.91. The second kappa shape index (κ2) is 9.30. The number of fused-ring (bicyclic) bond motifs is 1. The number of amides is 2. The molecule has 8 nitrogen and oxygen atoms in total. The molecule has 0 atom stereocenters. The summed E-state index contributed by atoms with van der Waals surface area (Å²) in [4.78, 5) is 12.6. The van der Waals surface area contributed by atoms with Crippen LogP contribution < -0.4 is 10.0 Å². The SMILES string of the molecule is CC(C)c1c(F)c(Cl)c(F)c(C(C)C)c1NC(=O)NS(=O)(=O)c1cc2c(o1)CCC/C2=N\O. The van der Waals surface area contributed by atoms with Gasteiger partial charge in [0.25, 0.3) is 10.0 Å². The molecule has 2 aromatic rings. The maximum Gasteiger partial charge on any atom is 0.333 e. The Balaban J connectivity index is 1.97. The molecule has 3 N–H and O–H groups in total. The normalized spacial score (nSPS) is 15.2. The third kappa shape index (κ3) is 4.70. The van der Waals surface area contributed by atoms with Gasteiger partial charge in [0.05, 0.1) is 11.4 Å². The highest BCUT2D eigenvalue weighted by Crippen LogP contribution is 2.40. The summed E-state index contributed by atoms with van der Waals surface area (Å²) in [5.74, 6) is -2.73. The Morgan fingerprint density at radius 3 is 2.24 bits per heavy atom. The number of benzene rings is 1. The van der Waals surface area contributed by atoms with E-state index >= 15 is 0 Å². The number of sulfonamides is 1. The number of anilines is 1. The van der Waals surface area contributed by atoms with Crippen molar-refractivity contribution in [2.24, 2.45) is 5.16 Å². The average molecular weight is 504 g/mol. The minimum Gasteiger partial charge on any atom is -0.447 e. The van der Waals surface area contributed by atoms with Crippen molar-refractivity contribution < 1.29 is 31.6 Å². The standard InChI is InChI=1S/C21H24ClF2N3O5S/c1-9(2)15-18(23)17(22)19(24)16(10(3)4)20(15)25-21(28)27-33(30,31)14-8-11-12(26-29)6-5-7-13(11)32-14/h8-10,29H,5-7H2,1-4H3,(H2,25,27,28)/b26-12+. The largest absolute Gasteiger partial charge is 0.447 e. The molecular formula is C21H24ClF2N3O5S. The number of nitrogens with one attached hydrogen (secondary N) is 2. The maximum absolute atomic E-state index is 14.8. The molecule has 1 heterocycles. The predicted molar refractivity (Wildman–Crippen MR) is 119 cm³/mol. The highest BCUT2D eigenvalue weighted by Gasteiger charge is 2.31. The van der Waals surface area contributed by atoms with E-state index in [0.29, 0.717) is 30.6 Å². The van der Waals surface area contributed by atoms with Gasteiger partial charge in [0.1, 0.15) is 22.4 Å². The highest BCUT2D eigenvalue weighted by atomic mass is 35.5. The summed E-state index contributed by atoms with van der Waals surface area (Å²) in [5, 5.41) is 13.3. The zero-order chi connectivity index (χ0) is 24.7. The fourth-order valence-electron chi connectivity index (χ4n) is 3.85. The van der Waals surface area contributed by atoms with E-state index in [1.807, 2.05) is 0 Å². The third-order valence-corrected chi connectivity index (χ3v) is 6.83. The highest BCUT2D eigenvalue weighted by molar-refractivity contribution is 7.89. The second-order valence-corrected chi connectivity index (χ2v) is 10.3. The van der Waals surface area contributed by atoms with Gasteiger partial charge in [-0.15, -0.1) is 0 Å². The smallest absolute Gasteiger partial charge is 0.333 e. The molecule has 1 aromatic carbocycles. The van der Waals surface area contributed by atoms with Gasteiger partial charge in [-0.1, -0.05) is 44.5 Å². The molecule has 3 rings (SSSR count). The van der Waals surface area contributed by atoms with Crippen LogP contribution in [0.2, 0.25) is 5.02 Å². The Hall–Kier alpha value is -2.66. The topological polar surface area (TPSA) is 121 Å². The zero-order valence-electron chi connectivity index (χ0n) is 18.4. The Labute approximate surface area is 195 Å². The molecule has 12 heteroatoms. The van der Waals surface area contributed by atoms with E-state index in [1.54, 1.807) is 32.4 Å². The van der Waals surface area contributed by atoms with E-state index in [9.17, 15) is 22.0 Å². The summed E-state index contributed by atoms with van der Waals surface area (Å²) in [6.45, 7) is 6.52. The van der Waals surface area contributed by atoms with Gasteiger partial charge in [-0.2, -0.15) is 8.42 Å². The number of aryl methyl sites for hydroxylation is 1. The van der Waals surface area contributed by atoms with Crippen molar-refractivity contribution in [2.45, 2.75) is 63.9 Å². The van der Waals surface area contributed by atoms with E-state index < -0.39 is 49.6 Å². The zero-order valence-corrected chi connectivity index (χ0v) is 20.0. The lowest BCUT2D eigenvalue weighted by Gasteiger charge is -2.22. The first-order valence-corrected chi connectivity index (χ1v) is 12.1. The Morgan fingerprint density at radius 2 is 1.73 bits per heavy atom. The number of halogens is 3. The fraction of sp³-hybridized carbons (Fsp3) is 0.429. The van der Waals surface area contributed by atoms with Crippen molar-refractivity contribution in [3.8, 4) is 0 Å². The Kier molecular flexibility index (Phi) is 7.04. The van der Waals surface area contributed by atoms with Crippen LogP contribution in [0.15, 0.2) is 20.7 Å². The van der Waals surface area contributed by atoms with Gasteiger partial charge in [0, 0.05) is 29.2 Å².